The molecule has 5 heteroatoms. The van der Waals surface area contributed by atoms with Gasteiger partial charge in [0.2, 0.25) is 0 Å². The molecule has 21 heavy (non-hydrogen) atoms. The van der Waals surface area contributed by atoms with E-state index in [-0.39, 0.29) is 0 Å². The molecule has 1 aliphatic heterocycles. The summed E-state index contributed by atoms with van der Waals surface area (Å²) >= 11 is 0. The van der Waals surface area contributed by atoms with Gasteiger partial charge in [-0.3, -0.25) is 4.90 Å². The molecule has 1 saturated heterocycles. The van der Waals surface area contributed by atoms with Crippen LogP contribution < -0.4 is 5.32 Å². The van der Waals surface area contributed by atoms with E-state index in [4.69, 9.17) is 0 Å². The molecule has 1 fully saturated rings. The average molecular weight is 300 g/mol. The maximum absolute atomic E-state index is 12.3. The highest BCUT2D eigenvalue weighted by Gasteiger charge is 2.32. The summed E-state index contributed by atoms with van der Waals surface area (Å²) in [5.41, 5.74) is 2.62. The van der Waals surface area contributed by atoms with Gasteiger partial charge >= 0.3 is 6.18 Å². The Morgan fingerprint density at radius 1 is 1.14 bits per heavy atom. The molecule has 0 bridgehead atoms. The molecule has 1 aromatic rings. The SMILES string of the molecule is CCc1ccccc1CNC1CCN(CC(F)(F)F)CC1. The van der Waals surface area contributed by atoms with E-state index in [1.165, 1.54) is 16.0 Å². The highest BCUT2D eigenvalue weighted by atomic mass is 19.4. The molecule has 0 saturated carbocycles. The number of likely N-dealkylation sites (tertiary alicyclic amines) is 1. The van der Waals surface area contributed by atoms with Crippen molar-refractivity contribution in [1.82, 2.24) is 10.2 Å². The lowest BCUT2D eigenvalue weighted by atomic mass is 10.0. The van der Waals surface area contributed by atoms with Gasteiger partial charge in [0.1, 0.15) is 0 Å². The lowest BCUT2D eigenvalue weighted by Crippen LogP contribution is -2.45. The van der Waals surface area contributed by atoms with E-state index in [1.807, 2.05) is 12.1 Å². The molecule has 118 valence electrons. The number of piperidine rings is 1. The molecule has 1 N–H and O–H groups in total. The van der Waals surface area contributed by atoms with Crippen LogP contribution in [-0.2, 0) is 13.0 Å². The highest BCUT2D eigenvalue weighted by Crippen LogP contribution is 2.20. The van der Waals surface area contributed by atoms with Crippen LogP contribution in [-0.4, -0.2) is 36.8 Å². The Morgan fingerprint density at radius 3 is 2.33 bits per heavy atom. The van der Waals surface area contributed by atoms with Gasteiger partial charge in [0, 0.05) is 12.6 Å². The van der Waals surface area contributed by atoms with Crippen molar-refractivity contribution in [2.75, 3.05) is 19.6 Å². The Kier molecular flexibility index (Phi) is 5.65. The zero-order valence-electron chi connectivity index (χ0n) is 12.4. The predicted octanol–water partition coefficient (Wildman–Crippen LogP) is 3.37. The highest BCUT2D eigenvalue weighted by molar-refractivity contribution is 5.26. The van der Waals surface area contributed by atoms with Crippen LogP contribution in [0.3, 0.4) is 0 Å². The van der Waals surface area contributed by atoms with Crippen molar-refractivity contribution >= 4 is 0 Å². The number of benzene rings is 1. The number of alkyl halides is 3. The smallest absolute Gasteiger partial charge is 0.310 e. The number of rotatable bonds is 5. The van der Waals surface area contributed by atoms with Crippen molar-refractivity contribution in [2.45, 2.75) is 44.9 Å². The summed E-state index contributed by atoms with van der Waals surface area (Å²) < 4.78 is 37.0. The van der Waals surface area contributed by atoms with Crippen LogP contribution in [0.25, 0.3) is 0 Å². The first-order valence-corrected chi connectivity index (χ1v) is 7.57. The van der Waals surface area contributed by atoms with E-state index >= 15 is 0 Å². The molecule has 0 unspecified atom stereocenters. The minimum atomic E-state index is -4.08. The number of aryl methyl sites for hydroxylation is 1. The Balaban J connectivity index is 1.76. The normalized spacial score (nSPS) is 18.1. The van der Waals surface area contributed by atoms with Crippen molar-refractivity contribution in [3.63, 3.8) is 0 Å². The molecule has 1 aliphatic rings. The van der Waals surface area contributed by atoms with Crippen molar-refractivity contribution in [3.05, 3.63) is 35.4 Å². The first kappa shape index (κ1) is 16.3. The van der Waals surface area contributed by atoms with Crippen LogP contribution >= 0.6 is 0 Å². The molecule has 1 aromatic carbocycles. The maximum atomic E-state index is 12.3. The second-order valence-corrected chi connectivity index (χ2v) is 5.67. The minimum absolute atomic E-state index is 0.319. The number of halogens is 3. The predicted molar refractivity (Wildman–Crippen MR) is 78.2 cm³/mol. The summed E-state index contributed by atoms with van der Waals surface area (Å²) in [5, 5.41) is 3.49. The van der Waals surface area contributed by atoms with Crippen LogP contribution in [0, 0.1) is 0 Å². The van der Waals surface area contributed by atoms with E-state index < -0.39 is 12.7 Å². The van der Waals surface area contributed by atoms with Gasteiger partial charge in [0.15, 0.2) is 0 Å². The van der Waals surface area contributed by atoms with Crippen molar-refractivity contribution in [1.29, 1.82) is 0 Å². The zero-order chi connectivity index (χ0) is 15.3. The van der Waals surface area contributed by atoms with Gasteiger partial charge in [-0.05, 0) is 43.5 Å². The molecule has 2 nitrogen and oxygen atoms in total. The fraction of sp³-hybridized carbons (Fsp3) is 0.625. The fourth-order valence-corrected chi connectivity index (χ4v) is 2.88. The summed E-state index contributed by atoms with van der Waals surface area (Å²) in [6, 6.07) is 8.63. The van der Waals surface area contributed by atoms with Gasteiger partial charge in [-0.2, -0.15) is 13.2 Å². The Morgan fingerprint density at radius 2 is 1.76 bits per heavy atom. The van der Waals surface area contributed by atoms with Gasteiger partial charge in [0.05, 0.1) is 6.54 Å². The largest absolute Gasteiger partial charge is 0.401 e. The first-order chi connectivity index (χ1) is 9.98. The molecule has 0 spiro atoms. The van der Waals surface area contributed by atoms with E-state index in [9.17, 15) is 13.2 Å². The standard InChI is InChI=1S/C16H23F3N2/c1-2-13-5-3-4-6-14(13)11-20-15-7-9-21(10-8-15)12-16(17,18)19/h3-6,15,20H,2,7-12H2,1H3. The molecule has 0 amide bonds. The molecule has 0 aromatic heterocycles. The topological polar surface area (TPSA) is 15.3 Å². The second-order valence-electron chi connectivity index (χ2n) is 5.67. The molecule has 2 rings (SSSR count). The summed E-state index contributed by atoms with van der Waals surface area (Å²) in [7, 11) is 0. The van der Waals surface area contributed by atoms with E-state index in [0.29, 0.717) is 19.1 Å². The summed E-state index contributed by atoms with van der Waals surface area (Å²) in [6.45, 7) is 3.19. The zero-order valence-corrected chi connectivity index (χ0v) is 12.4. The van der Waals surface area contributed by atoms with E-state index in [2.05, 4.69) is 24.4 Å². The quantitative estimate of drug-likeness (QED) is 0.897. The number of hydrogen-bond acceptors (Lipinski definition) is 2. The third-order valence-electron chi connectivity index (χ3n) is 4.07. The van der Waals surface area contributed by atoms with Gasteiger partial charge < -0.3 is 5.32 Å². The van der Waals surface area contributed by atoms with Crippen LogP contribution in [0.15, 0.2) is 24.3 Å². The second kappa shape index (κ2) is 7.27. The average Bonchev–Trinajstić information content (AvgIpc) is 2.45. The van der Waals surface area contributed by atoms with Gasteiger partial charge in [0.25, 0.3) is 0 Å². The lowest BCUT2D eigenvalue weighted by Gasteiger charge is -2.33. The Labute approximate surface area is 124 Å². The molecular formula is C16H23F3N2. The summed E-state index contributed by atoms with van der Waals surface area (Å²) in [6.07, 6.45) is -1.52. The van der Waals surface area contributed by atoms with Gasteiger partial charge in [-0.1, -0.05) is 31.2 Å². The third kappa shape index (κ3) is 5.32. The van der Waals surface area contributed by atoms with Crippen LogP contribution in [0.2, 0.25) is 0 Å². The minimum Gasteiger partial charge on any atom is -0.310 e. The summed E-state index contributed by atoms with van der Waals surface area (Å²) in [5.74, 6) is 0. The van der Waals surface area contributed by atoms with E-state index in [0.717, 1.165) is 25.8 Å². The lowest BCUT2D eigenvalue weighted by molar-refractivity contribution is -0.148. The first-order valence-electron chi connectivity index (χ1n) is 7.57. The van der Waals surface area contributed by atoms with Gasteiger partial charge in [-0.15, -0.1) is 0 Å². The monoisotopic (exact) mass is 300 g/mol. The molecule has 0 radical (unpaired) electrons. The van der Waals surface area contributed by atoms with Gasteiger partial charge in [-0.25, -0.2) is 0 Å². The molecule has 0 atom stereocenters. The van der Waals surface area contributed by atoms with Crippen molar-refractivity contribution in [3.8, 4) is 0 Å². The number of nitrogens with zero attached hydrogens (tertiary/aromatic N) is 1. The van der Waals surface area contributed by atoms with E-state index in [1.54, 1.807) is 0 Å². The fourth-order valence-electron chi connectivity index (χ4n) is 2.88. The Bertz CT molecular complexity index is 437. The molecule has 0 aliphatic carbocycles. The van der Waals surface area contributed by atoms with Crippen LogP contribution in [0.5, 0.6) is 0 Å². The molecule has 1 heterocycles. The molecular weight excluding hydrogens is 277 g/mol. The van der Waals surface area contributed by atoms with Crippen molar-refractivity contribution < 1.29 is 13.2 Å². The number of nitrogens with one attached hydrogen (secondary N) is 1. The van der Waals surface area contributed by atoms with Crippen molar-refractivity contribution in [2.24, 2.45) is 0 Å². The number of hydrogen-bond donors (Lipinski definition) is 1. The van der Waals surface area contributed by atoms with Crippen LogP contribution in [0.1, 0.15) is 30.9 Å². The third-order valence-corrected chi connectivity index (χ3v) is 4.07. The maximum Gasteiger partial charge on any atom is 0.401 e. The van der Waals surface area contributed by atoms with Crippen LogP contribution in [0.4, 0.5) is 13.2 Å². The Hall–Kier alpha value is -1.07. The summed E-state index contributed by atoms with van der Waals surface area (Å²) in [4.78, 5) is 1.50.